The van der Waals surface area contributed by atoms with E-state index in [0.717, 1.165) is 33.6 Å². The van der Waals surface area contributed by atoms with Gasteiger partial charge < -0.3 is 0 Å². The Bertz CT molecular complexity index is 3160. The van der Waals surface area contributed by atoms with Crippen molar-refractivity contribution in [1.29, 1.82) is 0 Å². The molecule has 2 aromatic heterocycles. The van der Waals surface area contributed by atoms with Gasteiger partial charge in [0.2, 0.25) is 0 Å². The van der Waals surface area contributed by atoms with Crippen molar-refractivity contribution in [3.8, 4) is 67.3 Å². The standard InChI is InChI=1S/C53H36N2S/c1-53(2)44-25-13-11-22-40(44)49-41(24-15-26-45(49)53)47-32-46(54-52(55-47)34-18-7-4-8-19-34)38-29-36(33-16-5-3-6-17-33)28-37(30-38)43-31-35-20-9-10-21-39(35)51-50(43)42-23-12-14-27-48(42)56-51/h3-32H,1-2H3. The molecule has 8 aromatic carbocycles. The van der Waals surface area contributed by atoms with Crippen molar-refractivity contribution in [2.75, 3.05) is 0 Å². The van der Waals surface area contributed by atoms with Crippen LogP contribution in [0.1, 0.15) is 25.0 Å². The Hall–Kier alpha value is -6.68. The monoisotopic (exact) mass is 732 g/mol. The molecule has 0 atom stereocenters. The third-order valence-corrected chi connectivity index (χ3v) is 12.9. The molecule has 10 aromatic rings. The molecule has 0 aliphatic heterocycles. The second-order valence-electron chi connectivity index (χ2n) is 15.3. The highest BCUT2D eigenvalue weighted by atomic mass is 32.1. The molecule has 11 rings (SSSR count). The maximum Gasteiger partial charge on any atom is 0.160 e. The van der Waals surface area contributed by atoms with Crippen LogP contribution in [0.5, 0.6) is 0 Å². The Morgan fingerprint density at radius 2 is 1.05 bits per heavy atom. The maximum absolute atomic E-state index is 5.38. The van der Waals surface area contributed by atoms with Crippen molar-refractivity contribution in [3.05, 3.63) is 193 Å². The lowest BCUT2D eigenvalue weighted by Gasteiger charge is -2.21. The summed E-state index contributed by atoms with van der Waals surface area (Å²) in [6.45, 7) is 4.67. The lowest BCUT2D eigenvalue weighted by molar-refractivity contribution is 0.660. The van der Waals surface area contributed by atoms with E-state index >= 15 is 0 Å². The van der Waals surface area contributed by atoms with Crippen LogP contribution in [0.4, 0.5) is 0 Å². The van der Waals surface area contributed by atoms with E-state index in [1.807, 2.05) is 17.4 Å². The van der Waals surface area contributed by atoms with Gasteiger partial charge in [0.05, 0.1) is 11.4 Å². The number of fused-ring (bicyclic) bond motifs is 8. The molecule has 0 bridgehead atoms. The zero-order valence-electron chi connectivity index (χ0n) is 31.1. The molecule has 3 heteroatoms. The highest BCUT2D eigenvalue weighted by Crippen LogP contribution is 2.52. The van der Waals surface area contributed by atoms with Crippen molar-refractivity contribution < 1.29 is 0 Å². The largest absolute Gasteiger partial charge is 0.228 e. The van der Waals surface area contributed by atoms with Crippen LogP contribution < -0.4 is 0 Å². The minimum Gasteiger partial charge on any atom is -0.228 e. The summed E-state index contributed by atoms with van der Waals surface area (Å²) in [6.07, 6.45) is 0. The van der Waals surface area contributed by atoms with Gasteiger partial charge in [-0.3, -0.25) is 0 Å². The Labute approximate surface area is 330 Å². The minimum absolute atomic E-state index is 0.115. The molecule has 0 N–H and O–H groups in total. The number of hydrogen-bond acceptors (Lipinski definition) is 3. The number of rotatable bonds is 5. The van der Waals surface area contributed by atoms with Gasteiger partial charge in [-0.1, -0.05) is 159 Å². The first kappa shape index (κ1) is 32.7. The predicted molar refractivity (Wildman–Crippen MR) is 237 cm³/mol. The normalized spacial score (nSPS) is 13.0. The summed E-state index contributed by atoms with van der Waals surface area (Å²) in [5.41, 5.74) is 14.8. The van der Waals surface area contributed by atoms with E-state index in [0.29, 0.717) is 5.82 Å². The summed E-state index contributed by atoms with van der Waals surface area (Å²) in [7, 11) is 0. The van der Waals surface area contributed by atoms with E-state index in [4.69, 9.17) is 9.97 Å². The Kier molecular flexibility index (Phi) is 7.42. The number of nitrogens with zero attached hydrogens (tertiary/aromatic N) is 2. The fourth-order valence-corrected chi connectivity index (χ4v) is 10.2. The molecule has 0 saturated carbocycles. The summed E-state index contributed by atoms with van der Waals surface area (Å²) in [6, 6.07) is 65.9. The molecule has 2 nitrogen and oxygen atoms in total. The van der Waals surface area contributed by atoms with Gasteiger partial charge in [-0.25, -0.2) is 9.97 Å². The SMILES string of the molecule is CC1(C)c2ccccc2-c2c(-c3cc(-c4cc(-c5ccccc5)cc(-c5cc6ccccc6c6sc7ccccc7c56)c4)nc(-c4ccccc4)n3)cccc21. The number of thiophene rings is 1. The summed E-state index contributed by atoms with van der Waals surface area (Å²) < 4.78 is 2.62. The molecule has 0 spiro atoms. The highest BCUT2D eigenvalue weighted by molar-refractivity contribution is 7.26. The molecule has 0 saturated heterocycles. The summed E-state index contributed by atoms with van der Waals surface area (Å²) in [5, 5.41) is 5.12. The lowest BCUT2D eigenvalue weighted by atomic mass is 9.82. The van der Waals surface area contributed by atoms with E-state index in [1.54, 1.807) is 0 Å². The van der Waals surface area contributed by atoms with Crippen molar-refractivity contribution in [2.24, 2.45) is 0 Å². The zero-order chi connectivity index (χ0) is 37.4. The first-order valence-electron chi connectivity index (χ1n) is 19.2. The topological polar surface area (TPSA) is 25.8 Å². The van der Waals surface area contributed by atoms with Crippen LogP contribution in [0.15, 0.2) is 182 Å². The number of aromatic nitrogens is 2. The van der Waals surface area contributed by atoms with Crippen molar-refractivity contribution in [2.45, 2.75) is 19.3 Å². The van der Waals surface area contributed by atoms with Crippen LogP contribution in [0.25, 0.3) is 98.2 Å². The van der Waals surface area contributed by atoms with Crippen LogP contribution >= 0.6 is 11.3 Å². The number of benzene rings is 8. The zero-order valence-corrected chi connectivity index (χ0v) is 31.9. The second-order valence-corrected chi connectivity index (χ2v) is 16.4. The van der Waals surface area contributed by atoms with Crippen LogP contribution in [0, 0.1) is 0 Å². The first-order valence-corrected chi connectivity index (χ1v) is 20.1. The van der Waals surface area contributed by atoms with E-state index in [2.05, 4.69) is 190 Å². The number of hydrogen-bond donors (Lipinski definition) is 0. The van der Waals surface area contributed by atoms with E-state index in [-0.39, 0.29) is 5.41 Å². The molecule has 2 heterocycles. The van der Waals surface area contributed by atoms with Gasteiger partial charge in [0, 0.05) is 42.3 Å². The third-order valence-electron chi connectivity index (χ3n) is 11.7. The maximum atomic E-state index is 5.38. The lowest BCUT2D eigenvalue weighted by Crippen LogP contribution is -2.14. The molecule has 0 amide bonds. The Morgan fingerprint density at radius 1 is 0.429 bits per heavy atom. The first-order chi connectivity index (χ1) is 27.5. The van der Waals surface area contributed by atoms with E-state index in [9.17, 15) is 0 Å². The van der Waals surface area contributed by atoms with Crippen LogP contribution in [0.2, 0.25) is 0 Å². The molecular weight excluding hydrogens is 697 g/mol. The van der Waals surface area contributed by atoms with E-state index in [1.165, 1.54) is 69.9 Å². The Morgan fingerprint density at radius 3 is 1.89 bits per heavy atom. The van der Waals surface area contributed by atoms with Crippen molar-refractivity contribution in [1.82, 2.24) is 9.97 Å². The molecule has 1 aliphatic carbocycles. The van der Waals surface area contributed by atoms with Crippen molar-refractivity contribution >= 4 is 42.3 Å². The van der Waals surface area contributed by atoms with Crippen LogP contribution in [-0.2, 0) is 5.41 Å². The van der Waals surface area contributed by atoms with Crippen molar-refractivity contribution in [3.63, 3.8) is 0 Å². The molecule has 0 fully saturated rings. The average molecular weight is 733 g/mol. The summed E-state index contributed by atoms with van der Waals surface area (Å²) in [5.74, 6) is 0.713. The smallest absolute Gasteiger partial charge is 0.160 e. The average Bonchev–Trinajstić information content (AvgIpc) is 3.77. The molecule has 0 unspecified atom stereocenters. The van der Waals surface area contributed by atoms with Gasteiger partial charge in [0.15, 0.2) is 5.82 Å². The quantitative estimate of drug-likeness (QED) is 0.176. The van der Waals surface area contributed by atoms with Gasteiger partial charge in [-0.05, 0) is 91.7 Å². The van der Waals surface area contributed by atoms with Crippen LogP contribution in [0.3, 0.4) is 0 Å². The second kappa shape index (κ2) is 12.7. The molecule has 1 aliphatic rings. The predicted octanol–water partition coefficient (Wildman–Crippen LogP) is 14.6. The van der Waals surface area contributed by atoms with E-state index < -0.39 is 0 Å². The van der Waals surface area contributed by atoms with Gasteiger partial charge in [-0.2, -0.15) is 0 Å². The van der Waals surface area contributed by atoms with Gasteiger partial charge in [0.1, 0.15) is 0 Å². The summed E-state index contributed by atoms with van der Waals surface area (Å²) >= 11 is 1.88. The molecule has 0 radical (unpaired) electrons. The minimum atomic E-state index is -0.115. The molecule has 56 heavy (non-hydrogen) atoms. The fraction of sp³-hybridized carbons (Fsp3) is 0.0566. The van der Waals surface area contributed by atoms with Gasteiger partial charge >= 0.3 is 0 Å². The molecule has 264 valence electrons. The molecular formula is C53H36N2S. The fourth-order valence-electron chi connectivity index (χ4n) is 8.93. The van der Waals surface area contributed by atoms with Gasteiger partial charge in [-0.15, -0.1) is 11.3 Å². The Balaban J connectivity index is 1.20. The van der Waals surface area contributed by atoms with Crippen LogP contribution in [-0.4, -0.2) is 9.97 Å². The third kappa shape index (κ3) is 5.16. The highest BCUT2D eigenvalue weighted by Gasteiger charge is 2.36. The summed E-state index contributed by atoms with van der Waals surface area (Å²) in [4.78, 5) is 10.7. The van der Waals surface area contributed by atoms with Gasteiger partial charge in [0.25, 0.3) is 0 Å².